The maximum Gasteiger partial charge on any atom is 0.250 e. The molecular formula is C30H37N3O8. The number of nitrogens with two attached hydrogens (primary N) is 1. The van der Waals surface area contributed by atoms with E-state index in [2.05, 4.69) is 5.32 Å². The number of ether oxygens (including phenoxy) is 1. The van der Waals surface area contributed by atoms with E-state index in [1.807, 2.05) is 19.9 Å². The largest absolute Gasteiger partial charge is 0.510 e. The van der Waals surface area contributed by atoms with Gasteiger partial charge in [0.05, 0.1) is 23.4 Å². The zero-order valence-corrected chi connectivity index (χ0v) is 23.8. The van der Waals surface area contributed by atoms with Crippen LogP contribution in [0.15, 0.2) is 45.8 Å². The lowest BCUT2D eigenvalue weighted by Gasteiger charge is -2.53. The van der Waals surface area contributed by atoms with Gasteiger partial charge >= 0.3 is 0 Å². The number of rotatable bonds is 7. The molecule has 0 aliphatic heterocycles. The van der Waals surface area contributed by atoms with E-state index < -0.39 is 52.6 Å². The van der Waals surface area contributed by atoms with Crippen molar-refractivity contribution in [2.45, 2.75) is 57.0 Å². The molecule has 1 aromatic heterocycles. The maximum absolute atomic E-state index is 14.2. The number of methoxy groups -OCH3 is 1. The highest BCUT2D eigenvalue weighted by molar-refractivity contribution is 6.11. The molecule has 3 aliphatic rings. The van der Waals surface area contributed by atoms with E-state index in [1.165, 1.54) is 13.2 Å². The van der Waals surface area contributed by atoms with Crippen LogP contribution in [0.1, 0.15) is 37.0 Å². The van der Waals surface area contributed by atoms with Crippen LogP contribution in [-0.2, 0) is 27.3 Å². The Labute approximate surface area is 237 Å². The normalized spacial score (nSPS) is 27.8. The molecule has 1 unspecified atom stereocenters. The van der Waals surface area contributed by atoms with Gasteiger partial charge in [-0.25, -0.2) is 0 Å². The van der Waals surface area contributed by atoms with Crippen LogP contribution in [0.4, 0.5) is 0 Å². The van der Waals surface area contributed by atoms with Crippen molar-refractivity contribution in [2.75, 3.05) is 21.2 Å². The number of phenols is 1. The number of Topliss-reactive ketones (excluding diaryl/α,β-unsaturated/α-hetero) is 1. The summed E-state index contributed by atoms with van der Waals surface area (Å²) in [6.07, 6.45) is 0.435. The topological polar surface area (TPSA) is 179 Å². The summed E-state index contributed by atoms with van der Waals surface area (Å²) in [7, 11) is 4.54. The van der Waals surface area contributed by atoms with Crippen molar-refractivity contribution in [1.82, 2.24) is 10.2 Å². The number of aliphatic hydroxyl groups is 3. The second-order valence-corrected chi connectivity index (χ2v) is 11.6. The number of carbonyl (C=O) groups excluding carboxylic acids is 2. The standard InChI is InChI=1S/C30H37N3O8/c1-13(2)32-12-14-8-9-41-26(14)16-6-7-19(34)21-17(16)10-15-11-18-23(33(3)4)25(36)22(29(31)38)28(40-5)30(18,39)27(37)20(15)24(21)35/h6-9,13,15,18,23,28,32,34-36,39H,10-12H2,1-5H3,(H2,31,38)/t15-,18-,23-,28?,30-/m0/s1. The Balaban J connectivity index is 1.68. The first kappa shape index (κ1) is 28.9. The SMILES string of the molecule is COC1C(C(N)=O)=C(O)[C@@H](N(C)C)[C@@H]2C[C@@H]3Cc4c(-c5occc5CNC(C)C)ccc(O)c4C(O)=C3C(=O)[C@]12O. The van der Waals surface area contributed by atoms with Crippen LogP contribution >= 0.6 is 0 Å². The average Bonchev–Trinajstić information content (AvgIpc) is 3.36. The van der Waals surface area contributed by atoms with Crippen molar-refractivity contribution in [3.05, 3.63) is 58.1 Å². The summed E-state index contributed by atoms with van der Waals surface area (Å²) < 4.78 is 11.3. The van der Waals surface area contributed by atoms with E-state index in [4.69, 9.17) is 14.9 Å². The van der Waals surface area contributed by atoms with Crippen LogP contribution in [0.5, 0.6) is 5.75 Å². The van der Waals surface area contributed by atoms with Crippen LogP contribution in [0, 0.1) is 11.8 Å². The first-order valence-electron chi connectivity index (χ1n) is 13.6. The second kappa shape index (κ2) is 10.3. The van der Waals surface area contributed by atoms with Crippen molar-refractivity contribution in [3.8, 4) is 17.1 Å². The summed E-state index contributed by atoms with van der Waals surface area (Å²) in [6.45, 7) is 4.61. The Morgan fingerprint density at radius 2 is 1.95 bits per heavy atom. The smallest absolute Gasteiger partial charge is 0.250 e. The molecule has 0 spiro atoms. The number of likely N-dealkylation sites (N-methyl/N-ethyl adjacent to an activating group) is 1. The van der Waals surface area contributed by atoms with Gasteiger partial charge in [0.1, 0.15) is 29.1 Å². The molecule has 1 heterocycles. The van der Waals surface area contributed by atoms with Crippen LogP contribution in [0.3, 0.4) is 0 Å². The number of hydrogen-bond acceptors (Lipinski definition) is 10. The molecule has 7 N–H and O–H groups in total. The Bertz CT molecular complexity index is 1470. The molecular weight excluding hydrogens is 530 g/mol. The molecule has 1 aromatic carbocycles. The number of benzene rings is 1. The Morgan fingerprint density at radius 1 is 1.24 bits per heavy atom. The number of nitrogens with one attached hydrogen (secondary N) is 1. The van der Waals surface area contributed by atoms with E-state index in [0.29, 0.717) is 23.4 Å². The number of ketones is 1. The van der Waals surface area contributed by atoms with E-state index in [1.54, 1.807) is 31.3 Å². The monoisotopic (exact) mass is 567 g/mol. The molecule has 0 bridgehead atoms. The molecule has 1 fully saturated rings. The highest BCUT2D eigenvalue weighted by Gasteiger charge is 2.65. The van der Waals surface area contributed by atoms with E-state index in [9.17, 15) is 30.0 Å². The molecule has 2 aromatic rings. The third kappa shape index (κ3) is 4.26. The van der Waals surface area contributed by atoms with Gasteiger partial charge in [0, 0.05) is 42.3 Å². The fourth-order valence-electron chi connectivity index (χ4n) is 6.94. The number of aromatic hydroxyl groups is 1. The summed E-state index contributed by atoms with van der Waals surface area (Å²) in [5.41, 5.74) is 5.07. The molecule has 1 saturated carbocycles. The lowest BCUT2D eigenvalue weighted by molar-refractivity contribution is -0.174. The van der Waals surface area contributed by atoms with E-state index in [0.717, 1.165) is 5.56 Å². The van der Waals surface area contributed by atoms with Gasteiger partial charge in [0.25, 0.3) is 5.91 Å². The molecule has 11 heteroatoms. The third-order valence-electron chi connectivity index (χ3n) is 8.70. The van der Waals surface area contributed by atoms with Gasteiger partial charge < -0.3 is 40.6 Å². The number of nitrogens with zero attached hydrogens (tertiary/aromatic N) is 1. The van der Waals surface area contributed by atoms with Gasteiger partial charge in [-0.2, -0.15) is 0 Å². The molecule has 5 atom stereocenters. The lowest BCUT2D eigenvalue weighted by Crippen LogP contribution is -2.69. The number of carbonyl (C=O) groups is 2. The van der Waals surface area contributed by atoms with Gasteiger partial charge in [-0.3, -0.25) is 14.5 Å². The highest BCUT2D eigenvalue weighted by Crippen LogP contribution is 2.54. The minimum Gasteiger partial charge on any atom is -0.510 e. The fraction of sp³-hybridized carbons (Fsp3) is 0.467. The van der Waals surface area contributed by atoms with Gasteiger partial charge in [0.15, 0.2) is 11.4 Å². The number of aliphatic hydroxyl groups excluding tert-OH is 2. The number of furan rings is 1. The molecule has 0 saturated heterocycles. The zero-order chi connectivity index (χ0) is 30.0. The lowest BCUT2D eigenvalue weighted by atomic mass is 9.56. The summed E-state index contributed by atoms with van der Waals surface area (Å²) in [6, 6.07) is 4.33. The van der Waals surface area contributed by atoms with Crippen molar-refractivity contribution in [2.24, 2.45) is 17.6 Å². The van der Waals surface area contributed by atoms with E-state index in [-0.39, 0.29) is 41.5 Å². The first-order valence-corrected chi connectivity index (χ1v) is 13.6. The Kier molecular flexibility index (Phi) is 7.27. The van der Waals surface area contributed by atoms with Crippen molar-refractivity contribution >= 4 is 17.4 Å². The van der Waals surface area contributed by atoms with Crippen LogP contribution in [0.25, 0.3) is 17.1 Å². The minimum absolute atomic E-state index is 0.0605. The number of hydrogen-bond donors (Lipinski definition) is 6. The summed E-state index contributed by atoms with van der Waals surface area (Å²) in [5.74, 6) is -3.80. The van der Waals surface area contributed by atoms with Gasteiger partial charge in [-0.1, -0.05) is 13.8 Å². The van der Waals surface area contributed by atoms with Gasteiger partial charge in [0.2, 0.25) is 0 Å². The van der Waals surface area contributed by atoms with Crippen molar-refractivity contribution < 1.29 is 39.2 Å². The Morgan fingerprint density at radius 3 is 2.56 bits per heavy atom. The first-order chi connectivity index (χ1) is 19.3. The average molecular weight is 568 g/mol. The highest BCUT2D eigenvalue weighted by atomic mass is 16.5. The fourth-order valence-corrected chi connectivity index (χ4v) is 6.94. The number of primary amides is 1. The minimum atomic E-state index is -2.32. The summed E-state index contributed by atoms with van der Waals surface area (Å²) in [4.78, 5) is 28.3. The van der Waals surface area contributed by atoms with Crippen LogP contribution in [0.2, 0.25) is 0 Å². The molecule has 1 amide bonds. The van der Waals surface area contributed by atoms with Gasteiger partial charge in [-0.05, 0) is 56.6 Å². The number of phenolic OH excluding ortho intramolecular Hbond substituents is 1. The van der Waals surface area contributed by atoms with Crippen molar-refractivity contribution in [3.63, 3.8) is 0 Å². The van der Waals surface area contributed by atoms with Crippen LogP contribution < -0.4 is 11.1 Å². The van der Waals surface area contributed by atoms with E-state index >= 15 is 0 Å². The molecule has 220 valence electrons. The number of fused-ring (bicyclic) bond motifs is 3. The number of amides is 1. The molecule has 3 aliphatic carbocycles. The van der Waals surface area contributed by atoms with Crippen molar-refractivity contribution in [1.29, 1.82) is 0 Å². The molecule has 5 rings (SSSR count). The van der Waals surface area contributed by atoms with Crippen LogP contribution in [-0.4, -0.2) is 82.0 Å². The molecule has 0 radical (unpaired) electrons. The summed E-state index contributed by atoms with van der Waals surface area (Å²) in [5, 5.41) is 49.1. The third-order valence-corrected chi connectivity index (χ3v) is 8.70. The zero-order valence-electron chi connectivity index (χ0n) is 23.8. The molecule has 11 nitrogen and oxygen atoms in total. The predicted octanol–water partition coefficient (Wildman–Crippen LogP) is 2.17. The Hall–Kier alpha value is -3.64. The predicted molar refractivity (Wildman–Crippen MR) is 150 cm³/mol. The van der Waals surface area contributed by atoms with Gasteiger partial charge in [-0.15, -0.1) is 0 Å². The quantitative estimate of drug-likeness (QED) is 0.290. The second-order valence-electron chi connectivity index (χ2n) is 11.6. The maximum atomic E-state index is 14.2. The summed E-state index contributed by atoms with van der Waals surface area (Å²) >= 11 is 0. The molecule has 41 heavy (non-hydrogen) atoms.